The Balaban J connectivity index is 1.88. The highest BCUT2D eigenvalue weighted by Crippen LogP contribution is 2.37. The lowest BCUT2D eigenvalue weighted by atomic mass is 10.0. The van der Waals surface area contributed by atoms with Crippen molar-refractivity contribution in [3.8, 4) is 16.9 Å². The molecule has 1 heterocycles. The van der Waals surface area contributed by atoms with Gasteiger partial charge in [-0.15, -0.1) is 11.3 Å². The molecule has 0 saturated carbocycles. The van der Waals surface area contributed by atoms with Gasteiger partial charge in [-0.1, -0.05) is 6.92 Å². The van der Waals surface area contributed by atoms with Crippen LogP contribution in [-0.2, 0) is 12.5 Å². The second-order valence-electron chi connectivity index (χ2n) is 5.63. The van der Waals surface area contributed by atoms with Crippen LogP contribution < -0.4 is 4.74 Å². The van der Waals surface area contributed by atoms with Crippen LogP contribution in [0.2, 0.25) is 0 Å². The van der Waals surface area contributed by atoms with Crippen LogP contribution in [0.3, 0.4) is 0 Å². The lowest BCUT2D eigenvalue weighted by molar-refractivity contribution is -0.182. The number of hydrogen-bond donors (Lipinski definition) is 0. The highest BCUT2D eigenvalue weighted by molar-refractivity contribution is 7.12. The standard InChI is InChI=1S/C19H12F6OS/c1-2-12-4-6-17(27-12)19(24,25)26-11-3-5-13(14(20)9-11)10-7-15(21)18(23)16(22)8-10/h3-9H,2H2,1H3. The Hall–Kier alpha value is -2.48. The molecule has 0 saturated heterocycles. The molecular formula is C19H12F6OS. The molecule has 3 aromatic rings. The lowest BCUT2D eigenvalue weighted by Gasteiger charge is -2.17. The first-order valence-electron chi connectivity index (χ1n) is 7.81. The van der Waals surface area contributed by atoms with Crippen molar-refractivity contribution in [3.05, 3.63) is 75.5 Å². The Kier molecular flexibility index (Phi) is 5.19. The highest BCUT2D eigenvalue weighted by atomic mass is 32.1. The normalized spacial score (nSPS) is 11.7. The maximum atomic E-state index is 14.3. The second-order valence-corrected chi connectivity index (χ2v) is 6.80. The summed E-state index contributed by atoms with van der Waals surface area (Å²) in [5.41, 5.74) is -0.555. The SMILES string of the molecule is CCc1ccc(C(F)(F)Oc2ccc(-c3cc(F)c(F)c(F)c3)c(F)c2)s1. The number of aryl methyl sites for hydroxylation is 1. The molecule has 0 bridgehead atoms. The van der Waals surface area contributed by atoms with Crippen LogP contribution in [-0.4, -0.2) is 0 Å². The minimum atomic E-state index is -3.67. The van der Waals surface area contributed by atoms with Gasteiger partial charge in [0, 0.05) is 16.5 Å². The average Bonchev–Trinajstić information content (AvgIpc) is 3.09. The van der Waals surface area contributed by atoms with Gasteiger partial charge >= 0.3 is 6.11 Å². The molecule has 0 amide bonds. The Labute approximate surface area is 154 Å². The van der Waals surface area contributed by atoms with Gasteiger partial charge in [0.1, 0.15) is 16.4 Å². The molecule has 1 nitrogen and oxygen atoms in total. The summed E-state index contributed by atoms with van der Waals surface area (Å²) in [5.74, 6) is -6.16. The number of thiophene rings is 1. The molecule has 27 heavy (non-hydrogen) atoms. The quantitative estimate of drug-likeness (QED) is 0.342. The predicted octanol–water partition coefficient (Wildman–Crippen LogP) is 6.66. The fourth-order valence-corrected chi connectivity index (χ4v) is 3.29. The van der Waals surface area contributed by atoms with Crippen molar-refractivity contribution in [2.75, 3.05) is 0 Å². The number of ether oxygens (including phenoxy) is 1. The van der Waals surface area contributed by atoms with Crippen LogP contribution in [0, 0.1) is 23.3 Å². The molecule has 0 fully saturated rings. The van der Waals surface area contributed by atoms with Crippen molar-refractivity contribution in [1.29, 1.82) is 0 Å². The minimum Gasteiger partial charge on any atom is -0.428 e. The number of rotatable bonds is 5. The summed E-state index contributed by atoms with van der Waals surface area (Å²) in [6, 6.07) is 6.76. The molecule has 0 aliphatic rings. The van der Waals surface area contributed by atoms with Gasteiger partial charge in [0.05, 0.1) is 0 Å². The summed E-state index contributed by atoms with van der Waals surface area (Å²) in [4.78, 5) is 0.418. The molecule has 142 valence electrons. The molecule has 0 N–H and O–H groups in total. The van der Waals surface area contributed by atoms with Crippen molar-refractivity contribution in [2.45, 2.75) is 19.5 Å². The average molecular weight is 402 g/mol. The molecule has 0 spiro atoms. The van der Waals surface area contributed by atoms with E-state index in [1.165, 1.54) is 6.07 Å². The van der Waals surface area contributed by atoms with Crippen LogP contribution in [0.5, 0.6) is 5.75 Å². The second kappa shape index (κ2) is 7.26. The number of halogens is 6. The van der Waals surface area contributed by atoms with Gasteiger partial charge in [0.25, 0.3) is 0 Å². The Bertz CT molecular complexity index is 959. The van der Waals surface area contributed by atoms with Crippen LogP contribution >= 0.6 is 11.3 Å². The third kappa shape index (κ3) is 3.95. The zero-order valence-corrected chi connectivity index (χ0v) is 14.6. The number of alkyl halides is 2. The molecule has 0 unspecified atom stereocenters. The minimum absolute atomic E-state index is 0.270. The fourth-order valence-electron chi connectivity index (χ4n) is 2.43. The fraction of sp³-hybridized carbons (Fsp3) is 0.158. The van der Waals surface area contributed by atoms with Crippen molar-refractivity contribution < 1.29 is 31.1 Å². The predicted molar refractivity (Wildman–Crippen MR) is 89.9 cm³/mol. The monoisotopic (exact) mass is 402 g/mol. The molecule has 0 aliphatic heterocycles. The van der Waals surface area contributed by atoms with E-state index in [4.69, 9.17) is 0 Å². The van der Waals surface area contributed by atoms with E-state index in [-0.39, 0.29) is 16.0 Å². The summed E-state index contributed by atoms with van der Waals surface area (Å²) < 4.78 is 87.0. The van der Waals surface area contributed by atoms with Gasteiger partial charge in [0.15, 0.2) is 17.5 Å². The maximum absolute atomic E-state index is 14.3. The molecule has 1 aromatic heterocycles. The largest absolute Gasteiger partial charge is 0.436 e. The van der Waals surface area contributed by atoms with Gasteiger partial charge < -0.3 is 4.74 Å². The number of hydrogen-bond acceptors (Lipinski definition) is 2. The van der Waals surface area contributed by atoms with E-state index in [1.807, 2.05) is 6.92 Å². The molecule has 0 atom stereocenters. The highest BCUT2D eigenvalue weighted by Gasteiger charge is 2.36. The van der Waals surface area contributed by atoms with Crippen molar-refractivity contribution >= 4 is 11.3 Å². The van der Waals surface area contributed by atoms with Gasteiger partial charge in [-0.3, -0.25) is 0 Å². The maximum Gasteiger partial charge on any atom is 0.436 e. The van der Waals surface area contributed by atoms with Crippen LogP contribution in [0.1, 0.15) is 16.7 Å². The summed E-state index contributed by atoms with van der Waals surface area (Å²) in [7, 11) is 0. The van der Waals surface area contributed by atoms with Crippen molar-refractivity contribution in [3.63, 3.8) is 0 Å². The van der Waals surface area contributed by atoms with Gasteiger partial charge in [-0.25, -0.2) is 17.6 Å². The van der Waals surface area contributed by atoms with Gasteiger partial charge in [-0.2, -0.15) is 8.78 Å². The van der Waals surface area contributed by atoms with Crippen LogP contribution in [0.25, 0.3) is 11.1 Å². The summed E-state index contributed by atoms with van der Waals surface area (Å²) in [6.07, 6.45) is -3.07. The third-order valence-corrected chi connectivity index (χ3v) is 5.06. The van der Waals surface area contributed by atoms with E-state index >= 15 is 0 Å². The van der Waals surface area contributed by atoms with Gasteiger partial charge in [0.2, 0.25) is 0 Å². The third-order valence-electron chi connectivity index (χ3n) is 3.78. The summed E-state index contributed by atoms with van der Waals surface area (Å²) in [5, 5.41) is 0. The smallest absolute Gasteiger partial charge is 0.428 e. The van der Waals surface area contributed by atoms with Crippen LogP contribution in [0.15, 0.2) is 42.5 Å². The van der Waals surface area contributed by atoms with E-state index < -0.39 is 35.1 Å². The lowest BCUT2D eigenvalue weighted by Crippen LogP contribution is -2.20. The van der Waals surface area contributed by atoms with E-state index in [9.17, 15) is 26.3 Å². The molecule has 3 rings (SSSR count). The first-order chi connectivity index (χ1) is 12.7. The first-order valence-corrected chi connectivity index (χ1v) is 8.63. The van der Waals surface area contributed by atoms with E-state index in [1.54, 1.807) is 6.07 Å². The van der Waals surface area contributed by atoms with E-state index in [2.05, 4.69) is 4.74 Å². The Morgan fingerprint density at radius 3 is 2.11 bits per heavy atom. The number of benzene rings is 2. The van der Waals surface area contributed by atoms with E-state index in [0.717, 1.165) is 28.3 Å². The van der Waals surface area contributed by atoms with Crippen LogP contribution in [0.4, 0.5) is 26.3 Å². The molecule has 0 aliphatic carbocycles. The Morgan fingerprint density at radius 1 is 0.889 bits per heavy atom. The van der Waals surface area contributed by atoms with Crippen molar-refractivity contribution in [1.82, 2.24) is 0 Å². The van der Waals surface area contributed by atoms with Gasteiger partial charge in [-0.05, 0) is 48.4 Å². The zero-order chi connectivity index (χ0) is 19.8. The van der Waals surface area contributed by atoms with Crippen molar-refractivity contribution in [2.24, 2.45) is 0 Å². The molecular weight excluding hydrogens is 390 g/mol. The molecule has 8 heteroatoms. The molecule has 2 aromatic carbocycles. The summed E-state index contributed by atoms with van der Waals surface area (Å²) in [6.45, 7) is 1.82. The molecule has 0 radical (unpaired) electrons. The topological polar surface area (TPSA) is 9.23 Å². The first kappa shape index (κ1) is 19.3. The Morgan fingerprint density at radius 2 is 1.56 bits per heavy atom. The van der Waals surface area contributed by atoms with E-state index in [0.29, 0.717) is 24.6 Å². The zero-order valence-electron chi connectivity index (χ0n) is 13.8. The summed E-state index contributed by atoms with van der Waals surface area (Å²) >= 11 is 0.880.